The van der Waals surface area contributed by atoms with Crippen LogP contribution < -0.4 is 0 Å². The third-order valence-electron chi connectivity index (χ3n) is 2.20. The molecule has 0 bridgehead atoms. The van der Waals surface area contributed by atoms with Crippen LogP contribution in [-0.4, -0.2) is 44.0 Å². The quantitative estimate of drug-likeness (QED) is 0.441. The summed E-state index contributed by atoms with van der Waals surface area (Å²) in [5, 5.41) is 0. The first kappa shape index (κ1) is 20.8. The topological polar surface area (TPSA) is 44.8 Å². The summed E-state index contributed by atoms with van der Waals surface area (Å²) in [7, 11) is -7.60. The Labute approximate surface area is 128 Å². The molecule has 0 saturated heterocycles. The molecule has 0 aromatic heterocycles. The van der Waals surface area contributed by atoms with Gasteiger partial charge in [0.05, 0.1) is 19.0 Å². The lowest BCUT2D eigenvalue weighted by Gasteiger charge is -2.28. The van der Waals surface area contributed by atoms with E-state index in [0.717, 1.165) is 0 Å². The molecule has 0 aromatic carbocycles. The molecule has 0 rings (SSSR count). The van der Waals surface area contributed by atoms with Gasteiger partial charge in [0.1, 0.15) is 0 Å². The van der Waals surface area contributed by atoms with Gasteiger partial charge in [-0.15, -0.1) is 0 Å². The van der Waals surface area contributed by atoms with Gasteiger partial charge in [-0.2, -0.15) is 0 Å². The maximum absolute atomic E-state index is 13.0. The van der Waals surface area contributed by atoms with Crippen molar-refractivity contribution < 1.29 is 17.8 Å². The first-order chi connectivity index (χ1) is 8.62. The molecule has 0 aliphatic carbocycles. The monoisotopic (exact) mass is 356 g/mol. The van der Waals surface area contributed by atoms with Crippen molar-refractivity contribution in [2.75, 3.05) is 19.0 Å². The molecular formula is C12H33O4PSi3. The van der Waals surface area contributed by atoms with Gasteiger partial charge in [0.25, 0.3) is 0 Å². The molecule has 0 fully saturated rings. The van der Waals surface area contributed by atoms with E-state index in [0.29, 0.717) is 0 Å². The van der Waals surface area contributed by atoms with Crippen LogP contribution in [0.2, 0.25) is 58.9 Å². The number of hydrogen-bond acceptors (Lipinski definition) is 4. The van der Waals surface area contributed by atoms with Crippen molar-refractivity contribution >= 4 is 32.1 Å². The molecule has 0 N–H and O–H groups in total. The molecule has 0 heterocycles. The van der Waals surface area contributed by atoms with Gasteiger partial charge in [-0.1, -0.05) is 0 Å². The molecule has 4 nitrogen and oxygen atoms in total. The molecule has 20 heavy (non-hydrogen) atoms. The molecule has 0 atom stereocenters. The molecule has 0 saturated carbocycles. The zero-order valence-electron chi connectivity index (χ0n) is 14.7. The van der Waals surface area contributed by atoms with Crippen molar-refractivity contribution in [3.63, 3.8) is 0 Å². The summed E-state index contributed by atoms with van der Waals surface area (Å²) in [5.41, 5.74) is 0. The van der Waals surface area contributed by atoms with Crippen molar-refractivity contribution in [3.05, 3.63) is 0 Å². The van der Waals surface area contributed by atoms with Crippen molar-refractivity contribution in [3.8, 4) is 0 Å². The number of rotatable bonds is 9. The summed E-state index contributed by atoms with van der Waals surface area (Å²) < 4.78 is 30.7. The van der Waals surface area contributed by atoms with E-state index >= 15 is 0 Å². The number of hydrogen-bond donors (Lipinski definition) is 0. The molecule has 8 heteroatoms. The van der Waals surface area contributed by atoms with Crippen molar-refractivity contribution in [1.82, 2.24) is 0 Å². The first-order valence-electron chi connectivity index (χ1n) is 7.11. The van der Waals surface area contributed by atoms with Gasteiger partial charge in [0, 0.05) is 0 Å². The highest BCUT2D eigenvalue weighted by Crippen LogP contribution is 2.47. The predicted molar refractivity (Wildman–Crippen MR) is 95.5 cm³/mol. The third-order valence-corrected chi connectivity index (χ3v) is 7.76. The Morgan fingerprint density at radius 3 is 0.950 bits per heavy atom. The predicted octanol–water partition coefficient (Wildman–Crippen LogP) is 4.78. The second kappa shape index (κ2) is 7.35. The Hall–Kier alpha value is 0.761. The maximum Gasteiger partial charge on any atom is 0.184 e. The SMILES string of the molecule is C[Si](C)(C)OCP(=O)(CO[Si](C)(C)C)CO[Si](C)(C)C. The molecule has 0 aliphatic heterocycles. The van der Waals surface area contributed by atoms with Crippen LogP contribution in [-0.2, 0) is 17.8 Å². The van der Waals surface area contributed by atoms with Crippen LogP contribution >= 0.6 is 7.14 Å². The minimum atomic E-state index is -2.57. The molecule has 122 valence electrons. The van der Waals surface area contributed by atoms with Crippen LogP contribution in [0.1, 0.15) is 0 Å². The standard InChI is InChI=1S/C12H33O4PSi3/c1-18(2,3)14-10-17(13,11-15-19(4,5)6)12-16-20(7,8)9/h10-12H2,1-9H3. The second-order valence-corrected chi connectivity index (χ2v) is 24.6. The second-order valence-electron chi connectivity index (χ2n) is 8.22. The average molecular weight is 357 g/mol. The molecular weight excluding hydrogens is 323 g/mol. The minimum absolute atomic E-state index is 0.289. The Kier molecular flexibility index (Phi) is 7.63. The van der Waals surface area contributed by atoms with E-state index in [1.54, 1.807) is 0 Å². The normalized spacial score (nSPS) is 14.7. The van der Waals surface area contributed by atoms with E-state index in [2.05, 4.69) is 58.9 Å². The Bertz CT molecular complexity index is 290. The zero-order valence-corrected chi connectivity index (χ0v) is 18.6. The lowest BCUT2D eigenvalue weighted by molar-refractivity contribution is 0.313. The van der Waals surface area contributed by atoms with Gasteiger partial charge < -0.3 is 17.8 Å². The fourth-order valence-corrected chi connectivity index (χ4v) is 8.74. The van der Waals surface area contributed by atoms with E-state index in [4.69, 9.17) is 13.3 Å². The fraction of sp³-hybridized carbons (Fsp3) is 1.00. The van der Waals surface area contributed by atoms with Crippen molar-refractivity contribution in [2.45, 2.75) is 58.9 Å². The van der Waals surface area contributed by atoms with Crippen molar-refractivity contribution in [2.24, 2.45) is 0 Å². The Morgan fingerprint density at radius 2 is 0.800 bits per heavy atom. The molecule has 0 radical (unpaired) electrons. The molecule has 0 spiro atoms. The fourth-order valence-electron chi connectivity index (χ4n) is 1.05. The van der Waals surface area contributed by atoms with Gasteiger partial charge in [-0.25, -0.2) is 0 Å². The molecule has 0 unspecified atom stereocenters. The highest BCUT2D eigenvalue weighted by atomic mass is 31.2. The summed E-state index contributed by atoms with van der Waals surface area (Å²) in [6.45, 7) is 19.0. The van der Waals surface area contributed by atoms with Crippen LogP contribution in [0.3, 0.4) is 0 Å². The van der Waals surface area contributed by atoms with Gasteiger partial charge >= 0.3 is 0 Å². The van der Waals surface area contributed by atoms with Crippen LogP contribution in [0.5, 0.6) is 0 Å². The van der Waals surface area contributed by atoms with E-state index in [1.807, 2.05) is 0 Å². The van der Waals surface area contributed by atoms with Gasteiger partial charge in [0.15, 0.2) is 32.1 Å². The molecule has 0 aliphatic rings. The summed E-state index contributed by atoms with van der Waals surface area (Å²) in [5.74, 6) is 0. The molecule has 0 amide bonds. The minimum Gasteiger partial charge on any atom is -0.410 e. The first-order valence-corrected chi connectivity index (χ1v) is 19.6. The summed E-state index contributed by atoms with van der Waals surface area (Å²) in [6, 6.07) is 0. The van der Waals surface area contributed by atoms with E-state index in [1.165, 1.54) is 0 Å². The van der Waals surface area contributed by atoms with Crippen LogP contribution in [0.25, 0.3) is 0 Å². The van der Waals surface area contributed by atoms with E-state index in [-0.39, 0.29) is 19.0 Å². The maximum atomic E-state index is 13.0. The van der Waals surface area contributed by atoms with Crippen LogP contribution in [0.4, 0.5) is 0 Å². The Morgan fingerprint density at radius 1 is 0.600 bits per heavy atom. The smallest absolute Gasteiger partial charge is 0.184 e. The highest BCUT2D eigenvalue weighted by molar-refractivity contribution is 7.63. The van der Waals surface area contributed by atoms with Gasteiger partial charge in [-0.05, 0) is 58.9 Å². The largest absolute Gasteiger partial charge is 0.410 e. The van der Waals surface area contributed by atoms with Gasteiger partial charge in [0.2, 0.25) is 0 Å². The van der Waals surface area contributed by atoms with Gasteiger partial charge in [-0.3, -0.25) is 0 Å². The molecule has 0 aromatic rings. The van der Waals surface area contributed by atoms with E-state index < -0.39 is 32.1 Å². The summed E-state index contributed by atoms with van der Waals surface area (Å²) in [6.07, 6.45) is 0.868. The third kappa shape index (κ3) is 12.5. The van der Waals surface area contributed by atoms with Crippen LogP contribution in [0.15, 0.2) is 0 Å². The Balaban J connectivity index is 4.71. The average Bonchev–Trinajstić information content (AvgIpc) is 2.18. The van der Waals surface area contributed by atoms with Crippen LogP contribution in [0, 0.1) is 0 Å². The summed E-state index contributed by atoms with van der Waals surface area (Å²) in [4.78, 5) is 0. The van der Waals surface area contributed by atoms with E-state index in [9.17, 15) is 4.57 Å². The summed E-state index contributed by atoms with van der Waals surface area (Å²) >= 11 is 0. The van der Waals surface area contributed by atoms with Crippen molar-refractivity contribution in [1.29, 1.82) is 0 Å². The lowest BCUT2D eigenvalue weighted by Crippen LogP contribution is -2.31. The lowest BCUT2D eigenvalue weighted by atomic mass is 11.6. The highest BCUT2D eigenvalue weighted by Gasteiger charge is 2.31. The zero-order chi connectivity index (χ0) is 16.2.